The molecule has 0 saturated heterocycles. The van der Waals surface area contributed by atoms with E-state index in [1.807, 2.05) is 6.07 Å². The van der Waals surface area contributed by atoms with Crippen molar-refractivity contribution in [2.75, 3.05) is 0 Å². The highest BCUT2D eigenvalue weighted by Crippen LogP contribution is 2.33. The monoisotopic (exact) mass is 585 g/mol. The maximum absolute atomic E-state index is 14.3. The number of carbonyl (C=O) groups excluding carboxylic acids is 1. The molecule has 0 radical (unpaired) electrons. The second-order valence-corrected chi connectivity index (χ2v) is 10.6. The molecule has 0 unspecified atom stereocenters. The van der Waals surface area contributed by atoms with Crippen molar-refractivity contribution < 1.29 is 48.8 Å². The molecular weight excluding hydrogens is 565 g/mol. The summed E-state index contributed by atoms with van der Waals surface area (Å²) in [5, 5.41) is 12.0. The Morgan fingerprint density at radius 2 is 1.68 bits per heavy atom. The highest BCUT2D eigenvalue weighted by Gasteiger charge is 2.49. The summed E-state index contributed by atoms with van der Waals surface area (Å²) < 4.78 is 103. The maximum atomic E-state index is 14.3. The predicted octanol–water partition coefficient (Wildman–Crippen LogP) is 5.94. The molecule has 2 aromatic carbocycles. The summed E-state index contributed by atoms with van der Waals surface area (Å²) in [6.07, 6.45) is -0.639. The van der Waals surface area contributed by atoms with Crippen molar-refractivity contribution in [1.29, 1.82) is 5.26 Å². The van der Waals surface area contributed by atoms with Crippen molar-refractivity contribution in [3.63, 3.8) is 0 Å². The van der Waals surface area contributed by atoms with Gasteiger partial charge in [-0.3, -0.25) is 0 Å². The summed E-state index contributed by atoms with van der Waals surface area (Å²) >= 11 is 0. The predicted molar refractivity (Wildman–Crippen MR) is 129 cm³/mol. The van der Waals surface area contributed by atoms with Crippen molar-refractivity contribution in [2.24, 2.45) is 0 Å². The molecule has 0 atom stereocenters. The fourth-order valence-corrected chi connectivity index (χ4v) is 3.48. The Morgan fingerprint density at radius 3 is 2.30 bits per heavy atom. The van der Waals surface area contributed by atoms with E-state index < -0.39 is 50.7 Å². The van der Waals surface area contributed by atoms with Crippen LogP contribution < -0.4 is 14.2 Å². The minimum atomic E-state index is -6.31. The van der Waals surface area contributed by atoms with Gasteiger partial charge in [0, 0.05) is 12.6 Å². The van der Waals surface area contributed by atoms with E-state index in [0.29, 0.717) is 16.7 Å². The number of amides is 1. The number of rotatable bonds is 7. The summed E-state index contributed by atoms with van der Waals surface area (Å²) in [7, 11) is -6.31. The normalized spacial score (nSPS) is 11.9. The molecule has 212 valence electrons. The molecule has 1 heterocycles. The quantitative estimate of drug-likeness (QED) is 0.205. The van der Waals surface area contributed by atoms with E-state index in [2.05, 4.69) is 14.5 Å². The van der Waals surface area contributed by atoms with Crippen LogP contribution in [0.5, 0.6) is 17.5 Å². The van der Waals surface area contributed by atoms with E-state index in [0.717, 1.165) is 6.07 Å². The third-order valence-electron chi connectivity index (χ3n) is 4.68. The summed E-state index contributed by atoms with van der Waals surface area (Å²) in [5.74, 6) is -6.39. The van der Waals surface area contributed by atoms with Crippen LogP contribution in [0.15, 0.2) is 48.5 Å². The molecule has 0 aliphatic heterocycles. The number of nitrogens with zero attached hydrogens (tertiary/aromatic N) is 2. The fourth-order valence-electron chi connectivity index (χ4n) is 3.07. The van der Waals surface area contributed by atoms with Crippen LogP contribution in [0.3, 0.4) is 0 Å². The van der Waals surface area contributed by atoms with Gasteiger partial charge in [0.05, 0.1) is 11.6 Å². The van der Waals surface area contributed by atoms with Crippen LogP contribution in [0, 0.1) is 23.0 Å². The van der Waals surface area contributed by atoms with Gasteiger partial charge in [0.1, 0.15) is 11.4 Å². The number of benzene rings is 2. The molecule has 0 saturated carbocycles. The summed E-state index contributed by atoms with van der Waals surface area (Å²) in [4.78, 5) is 15.0. The Bertz CT molecular complexity index is 1580. The molecule has 1 amide bonds. The molecule has 40 heavy (non-hydrogen) atoms. The summed E-state index contributed by atoms with van der Waals surface area (Å²) in [6, 6.07) is 12.5. The van der Waals surface area contributed by atoms with Gasteiger partial charge in [-0.25, -0.2) is 13.6 Å². The molecule has 0 aliphatic carbocycles. The molecule has 0 spiro atoms. The highest BCUT2D eigenvalue weighted by atomic mass is 32.2. The first-order valence-corrected chi connectivity index (χ1v) is 12.5. The maximum Gasteiger partial charge on any atom is 0.534 e. The first kappa shape index (κ1) is 30.1. The average Bonchev–Trinajstić information content (AvgIpc) is 2.84. The molecular formula is C25H20F5N3O6S. The zero-order valence-electron chi connectivity index (χ0n) is 21.0. The Balaban J connectivity index is 1.90. The zero-order valence-corrected chi connectivity index (χ0v) is 21.8. The zero-order chi connectivity index (χ0) is 29.9. The number of nitrogens with one attached hydrogen (secondary N) is 1. The summed E-state index contributed by atoms with van der Waals surface area (Å²) in [5.41, 5.74) is -5.04. The number of halogens is 5. The lowest BCUT2D eigenvalue weighted by atomic mass is 10.0. The second kappa shape index (κ2) is 11.3. The third-order valence-corrected chi connectivity index (χ3v) is 5.63. The van der Waals surface area contributed by atoms with E-state index >= 15 is 0 Å². The van der Waals surface area contributed by atoms with Crippen molar-refractivity contribution >= 4 is 16.2 Å². The van der Waals surface area contributed by atoms with Crippen LogP contribution in [-0.4, -0.2) is 30.6 Å². The molecule has 3 aromatic rings. The second-order valence-electron chi connectivity index (χ2n) is 9.06. The van der Waals surface area contributed by atoms with Gasteiger partial charge < -0.3 is 19.0 Å². The number of alkyl carbamates (subject to hydrolysis) is 1. The average molecular weight is 586 g/mol. The molecule has 9 nitrogen and oxygen atoms in total. The molecule has 0 aliphatic rings. The number of carbonyl (C=O) groups is 1. The molecule has 15 heteroatoms. The van der Waals surface area contributed by atoms with E-state index in [1.54, 1.807) is 45.0 Å². The molecule has 3 rings (SSSR count). The minimum Gasteiger partial charge on any atom is -0.444 e. The number of ether oxygens (including phenoxy) is 2. The van der Waals surface area contributed by atoms with E-state index in [1.165, 1.54) is 12.1 Å². The topological polar surface area (TPSA) is 128 Å². The largest absolute Gasteiger partial charge is 0.534 e. The van der Waals surface area contributed by atoms with Crippen molar-refractivity contribution in [2.45, 2.75) is 38.4 Å². The Kier molecular flexibility index (Phi) is 8.54. The van der Waals surface area contributed by atoms with Crippen LogP contribution in [0.2, 0.25) is 0 Å². The first-order valence-electron chi connectivity index (χ1n) is 11.1. The molecule has 0 fully saturated rings. The lowest BCUT2D eigenvalue weighted by molar-refractivity contribution is -0.0502. The summed E-state index contributed by atoms with van der Waals surface area (Å²) in [6.45, 7) is 5.22. The van der Waals surface area contributed by atoms with E-state index in [-0.39, 0.29) is 23.9 Å². The molecule has 1 aromatic heterocycles. The minimum absolute atomic E-state index is 0.0171. The van der Waals surface area contributed by atoms with Gasteiger partial charge in [-0.2, -0.15) is 31.8 Å². The van der Waals surface area contributed by atoms with Crippen molar-refractivity contribution in [3.05, 3.63) is 71.3 Å². The standard InChI is InChI=1S/C25H20F5N3O6S/c1-24(2,3)38-23(34)32-13-14-5-4-6-16(7-14)17-8-15(12-31)9-18(10-17)37-21-19(26)11-20(27)22(33-21)39-40(35,36)25(28,29)30/h4-11H,13H2,1-3H3,(H,32,34). The van der Waals surface area contributed by atoms with E-state index in [9.17, 15) is 40.4 Å². The van der Waals surface area contributed by atoms with Gasteiger partial charge >= 0.3 is 21.7 Å². The number of nitriles is 1. The Labute approximate surface area is 225 Å². The van der Waals surface area contributed by atoms with Crippen molar-refractivity contribution in [3.8, 4) is 34.7 Å². The number of hydrogen-bond donors (Lipinski definition) is 1. The van der Waals surface area contributed by atoms with Crippen molar-refractivity contribution in [1.82, 2.24) is 10.3 Å². The first-order chi connectivity index (χ1) is 18.5. The Hall–Kier alpha value is -4.45. The number of alkyl halides is 3. The smallest absolute Gasteiger partial charge is 0.444 e. The van der Waals surface area contributed by atoms with Crippen LogP contribution in [-0.2, 0) is 21.4 Å². The van der Waals surface area contributed by atoms with E-state index in [4.69, 9.17) is 9.47 Å². The third kappa shape index (κ3) is 7.79. The van der Waals surface area contributed by atoms with Crippen LogP contribution in [0.1, 0.15) is 31.9 Å². The fraction of sp³-hybridized carbons (Fsp3) is 0.240. The van der Waals surface area contributed by atoms with Gasteiger partial charge in [0.2, 0.25) is 0 Å². The van der Waals surface area contributed by atoms with Gasteiger partial charge in [-0.05, 0) is 61.7 Å². The van der Waals surface area contributed by atoms with Gasteiger partial charge in [-0.15, -0.1) is 0 Å². The van der Waals surface area contributed by atoms with Crippen LogP contribution >= 0.6 is 0 Å². The number of pyridine rings is 1. The number of aromatic nitrogens is 1. The van der Waals surface area contributed by atoms with Crippen LogP contribution in [0.4, 0.5) is 26.7 Å². The van der Waals surface area contributed by atoms with Gasteiger partial charge in [0.15, 0.2) is 11.6 Å². The van der Waals surface area contributed by atoms with Gasteiger partial charge in [-0.1, -0.05) is 18.2 Å². The van der Waals surface area contributed by atoms with Crippen LogP contribution in [0.25, 0.3) is 11.1 Å². The Morgan fingerprint density at radius 1 is 1.00 bits per heavy atom. The highest BCUT2D eigenvalue weighted by molar-refractivity contribution is 7.87. The molecule has 1 N–H and O–H groups in total. The lowest BCUT2D eigenvalue weighted by Crippen LogP contribution is -2.32. The number of hydrogen-bond acceptors (Lipinski definition) is 8. The molecule has 0 bridgehead atoms. The van der Waals surface area contributed by atoms with Gasteiger partial charge in [0.25, 0.3) is 11.8 Å². The lowest BCUT2D eigenvalue weighted by Gasteiger charge is -2.19. The SMILES string of the molecule is CC(C)(C)OC(=O)NCc1cccc(-c2cc(C#N)cc(Oc3nc(OS(=O)(=O)C(F)(F)F)c(F)cc3F)c2)c1.